The summed E-state index contributed by atoms with van der Waals surface area (Å²) in [5.74, 6) is 0.451. The molecule has 2 aromatic heterocycles. The highest BCUT2D eigenvalue weighted by Crippen LogP contribution is 2.41. The Morgan fingerprint density at radius 3 is 2.49 bits per heavy atom. The maximum atomic E-state index is 13.9. The number of pyridine rings is 1. The van der Waals surface area contributed by atoms with Gasteiger partial charge in [0.1, 0.15) is 5.82 Å². The molecule has 3 amide bonds. The molecule has 2 fully saturated rings. The Morgan fingerprint density at radius 2 is 1.70 bits per heavy atom. The first-order valence-corrected chi connectivity index (χ1v) is 16.1. The lowest BCUT2D eigenvalue weighted by Crippen LogP contribution is -2.32. The van der Waals surface area contributed by atoms with Gasteiger partial charge in [0.05, 0.1) is 10.4 Å². The monoisotopic (exact) mass is 593 g/mol. The minimum absolute atomic E-state index is 0.00821. The maximum absolute atomic E-state index is 13.9. The van der Waals surface area contributed by atoms with Crippen molar-refractivity contribution in [1.82, 2.24) is 15.2 Å². The van der Waals surface area contributed by atoms with Gasteiger partial charge in [0, 0.05) is 59.3 Å². The highest BCUT2D eigenvalue weighted by molar-refractivity contribution is 7.15. The van der Waals surface area contributed by atoms with E-state index in [1.807, 2.05) is 17.0 Å². The molecule has 8 nitrogen and oxygen atoms in total. The van der Waals surface area contributed by atoms with Crippen molar-refractivity contribution in [3.05, 3.63) is 93.0 Å². The number of nitrogens with one attached hydrogen (secondary N) is 2. The van der Waals surface area contributed by atoms with Crippen LogP contribution >= 0.6 is 11.3 Å². The number of carbonyl (C=O) groups is 3. The standard InChI is InChI=1S/C34H35N5O3S/c40-32(27-8-6-17-35-31(27)38-18-4-1-5-19-38)36-24-12-10-22(11-13-24)34(42)39-20-16-23-21-29(33(41)37-25-14-15-25)43-30(23)26-7-2-3-9-28(26)39/h6-13,17,21,25H,1-5,14-16,18-20H2,(H,36,40)(H,37,41). The van der Waals surface area contributed by atoms with Crippen molar-refractivity contribution >= 4 is 46.1 Å². The van der Waals surface area contributed by atoms with Gasteiger partial charge in [-0.15, -0.1) is 11.3 Å². The van der Waals surface area contributed by atoms with Crippen LogP contribution in [0.4, 0.5) is 11.5 Å². The van der Waals surface area contributed by atoms with Crippen LogP contribution in [0, 0.1) is 0 Å². The average Bonchev–Trinajstić information content (AvgIpc) is 3.79. The van der Waals surface area contributed by atoms with Crippen molar-refractivity contribution < 1.29 is 14.4 Å². The van der Waals surface area contributed by atoms with E-state index in [-0.39, 0.29) is 17.7 Å². The Balaban J connectivity index is 1.06. The molecule has 0 radical (unpaired) electrons. The number of thiophene rings is 1. The fourth-order valence-electron chi connectivity index (χ4n) is 6.11. The lowest BCUT2D eigenvalue weighted by atomic mass is 9.99. The van der Waals surface area contributed by atoms with Crippen LogP contribution in [0.2, 0.25) is 0 Å². The van der Waals surface area contributed by atoms with Gasteiger partial charge < -0.3 is 20.4 Å². The van der Waals surface area contributed by atoms with Crippen LogP contribution in [0.3, 0.4) is 0 Å². The van der Waals surface area contributed by atoms with Crippen LogP contribution in [0.15, 0.2) is 66.5 Å². The second-order valence-corrected chi connectivity index (χ2v) is 12.7. The van der Waals surface area contributed by atoms with E-state index in [1.54, 1.807) is 36.5 Å². The number of benzene rings is 1. The Bertz CT molecular complexity index is 1630. The number of hydrogen-bond donors (Lipinski definition) is 2. The predicted molar refractivity (Wildman–Crippen MR) is 170 cm³/mol. The van der Waals surface area contributed by atoms with Crippen molar-refractivity contribution in [1.29, 1.82) is 0 Å². The molecule has 0 unspecified atom stereocenters. The Morgan fingerprint density at radius 1 is 0.907 bits per heavy atom. The molecule has 2 N–H and O–H groups in total. The van der Waals surface area contributed by atoms with E-state index in [0.717, 1.165) is 84.0 Å². The van der Waals surface area contributed by atoms with Crippen LogP contribution in [0.25, 0.3) is 5.57 Å². The van der Waals surface area contributed by atoms with Crippen LogP contribution in [0.1, 0.15) is 85.8 Å². The van der Waals surface area contributed by atoms with E-state index in [2.05, 4.69) is 32.7 Å². The van der Waals surface area contributed by atoms with Gasteiger partial charge in [0.15, 0.2) is 0 Å². The van der Waals surface area contributed by atoms with Gasteiger partial charge in [0.25, 0.3) is 17.7 Å². The zero-order valence-corrected chi connectivity index (χ0v) is 24.9. The van der Waals surface area contributed by atoms with Gasteiger partial charge in [-0.05, 0) is 99.4 Å². The molecule has 3 aromatic rings. The summed E-state index contributed by atoms with van der Waals surface area (Å²) in [6, 6.07) is 13.1. The van der Waals surface area contributed by atoms with Crippen molar-refractivity contribution in [3.8, 4) is 0 Å². The van der Waals surface area contributed by atoms with E-state index in [4.69, 9.17) is 0 Å². The largest absolute Gasteiger partial charge is 0.356 e. The molecular formula is C34H35N5O3S. The molecule has 0 atom stereocenters. The van der Waals surface area contributed by atoms with Crippen LogP contribution in [0.5, 0.6) is 0 Å². The first-order chi connectivity index (χ1) is 21.0. The number of hydrogen-bond acceptors (Lipinski definition) is 6. The molecule has 0 spiro atoms. The quantitative estimate of drug-likeness (QED) is 0.364. The first kappa shape index (κ1) is 27.6. The molecule has 1 saturated heterocycles. The lowest BCUT2D eigenvalue weighted by molar-refractivity contribution is 0.0813. The van der Waals surface area contributed by atoms with E-state index in [1.165, 1.54) is 17.8 Å². The van der Waals surface area contributed by atoms with E-state index in [9.17, 15) is 14.4 Å². The number of fused-ring (bicyclic) bond motifs is 3. The molecule has 4 aliphatic rings. The summed E-state index contributed by atoms with van der Waals surface area (Å²) < 4.78 is 0. The van der Waals surface area contributed by atoms with Gasteiger partial charge in [-0.2, -0.15) is 0 Å². The van der Waals surface area contributed by atoms with Crippen molar-refractivity contribution in [2.75, 3.05) is 29.9 Å². The van der Waals surface area contributed by atoms with Crippen molar-refractivity contribution in [2.45, 2.75) is 57.4 Å². The first-order valence-electron chi connectivity index (χ1n) is 15.3. The number of aromatic nitrogens is 1. The number of amides is 3. The minimum atomic E-state index is -0.210. The summed E-state index contributed by atoms with van der Waals surface area (Å²) >= 11 is 1.53. The van der Waals surface area contributed by atoms with E-state index < -0.39 is 0 Å². The van der Waals surface area contributed by atoms with Crippen LogP contribution in [-0.4, -0.2) is 53.3 Å². The maximum Gasteiger partial charge on any atom is 0.261 e. The Hall–Kier alpha value is -4.24. The number of rotatable bonds is 6. The number of anilines is 2. The molecule has 2 aliphatic carbocycles. The molecule has 43 heavy (non-hydrogen) atoms. The zero-order valence-electron chi connectivity index (χ0n) is 24.1. The summed E-state index contributed by atoms with van der Waals surface area (Å²) in [4.78, 5) is 50.3. The fourth-order valence-corrected chi connectivity index (χ4v) is 7.27. The van der Waals surface area contributed by atoms with Gasteiger partial charge >= 0.3 is 0 Å². The molecule has 1 aromatic carbocycles. The summed E-state index contributed by atoms with van der Waals surface area (Å²) in [6.45, 7) is 2.35. The third kappa shape index (κ3) is 5.73. The third-order valence-electron chi connectivity index (χ3n) is 8.54. The van der Waals surface area contributed by atoms with Crippen LogP contribution < -0.4 is 15.5 Å². The summed E-state index contributed by atoms with van der Waals surface area (Å²) in [5, 5.41) is 6.09. The summed E-state index contributed by atoms with van der Waals surface area (Å²) in [6.07, 6.45) is 14.1. The molecule has 2 aliphatic heterocycles. The van der Waals surface area contributed by atoms with Gasteiger partial charge in [-0.1, -0.05) is 12.2 Å². The number of carbonyl (C=O) groups excluding carboxylic acids is 3. The Kier molecular flexibility index (Phi) is 7.57. The van der Waals surface area contributed by atoms with E-state index in [0.29, 0.717) is 35.8 Å². The molecule has 220 valence electrons. The highest BCUT2D eigenvalue weighted by Gasteiger charge is 2.32. The van der Waals surface area contributed by atoms with Crippen molar-refractivity contribution in [3.63, 3.8) is 0 Å². The molecule has 1 saturated carbocycles. The number of piperidine rings is 1. The van der Waals surface area contributed by atoms with Gasteiger partial charge in [-0.3, -0.25) is 14.4 Å². The molecular weight excluding hydrogens is 558 g/mol. The topological polar surface area (TPSA) is 94.6 Å². The number of allylic oxidation sites excluding steroid dienone is 3. The smallest absolute Gasteiger partial charge is 0.261 e. The normalized spacial score (nSPS) is 18.0. The fraction of sp³-hybridized carbons (Fsp3) is 0.353. The molecule has 4 heterocycles. The van der Waals surface area contributed by atoms with Crippen molar-refractivity contribution in [2.24, 2.45) is 0 Å². The Labute approximate surface area is 255 Å². The summed E-state index contributed by atoms with van der Waals surface area (Å²) in [7, 11) is 0. The van der Waals surface area contributed by atoms with Gasteiger partial charge in [0.2, 0.25) is 0 Å². The second-order valence-electron chi connectivity index (χ2n) is 11.7. The van der Waals surface area contributed by atoms with E-state index >= 15 is 0 Å². The third-order valence-corrected chi connectivity index (χ3v) is 9.75. The second kappa shape index (κ2) is 11.8. The molecule has 7 rings (SSSR count). The highest BCUT2D eigenvalue weighted by atomic mass is 32.1. The average molecular weight is 594 g/mol. The zero-order chi connectivity index (χ0) is 29.3. The predicted octanol–water partition coefficient (Wildman–Crippen LogP) is 6.04. The minimum Gasteiger partial charge on any atom is -0.356 e. The van der Waals surface area contributed by atoms with Gasteiger partial charge in [-0.25, -0.2) is 4.98 Å². The molecule has 0 bridgehead atoms. The molecule has 9 heteroatoms. The SMILES string of the molecule is O=C(NC1CC1)c1cc2c(s1)C1=CCCC=C1N(C(=O)c1ccc(NC(=O)c3cccnc3N3CCCCC3)cc1)CC2. The lowest BCUT2D eigenvalue weighted by Gasteiger charge is -2.29. The van der Waals surface area contributed by atoms with Crippen LogP contribution in [-0.2, 0) is 6.42 Å². The number of nitrogens with zero attached hydrogens (tertiary/aromatic N) is 3. The summed E-state index contributed by atoms with van der Waals surface area (Å²) in [5.41, 5.74) is 4.84.